The van der Waals surface area contributed by atoms with Crippen molar-refractivity contribution in [2.75, 3.05) is 13.1 Å². The molecule has 2 N–H and O–H groups in total. The first-order chi connectivity index (χ1) is 7.00. The molecule has 0 bridgehead atoms. The summed E-state index contributed by atoms with van der Waals surface area (Å²) in [5.74, 6) is 0.0846. The van der Waals surface area contributed by atoms with E-state index in [1.54, 1.807) is 0 Å². The molecule has 0 saturated carbocycles. The first kappa shape index (κ1) is 12.5. The topological polar surface area (TPSA) is 52.6 Å². The molecule has 4 nitrogen and oxygen atoms in total. The monoisotopic (exact) mass is 214 g/mol. The van der Waals surface area contributed by atoms with E-state index >= 15 is 0 Å². The summed E-state index contributed by atoms with van der Waals surface area (Å²) in [5.41, 5.74) is 0. The van der Waals surface area contributed by atoms with E-state index in [0.29, 0.717) is 0 Å². The zero-order chi connectivity index (χ0) is 11.4. The zero-order valence-electron chi connectivity index (χ0n) is 9.86. The first-order valence-electron chi connectivity index (χ1n) is 5.73. The van der Waals surface area contributed by atoms with Crippen molar-refractivity contribution in [3.63, 3.8) is 0 Å². The highest BCUT2D eigenvalue weighted by atomic mass is 16.3. The van der Waals surface area contributed by atoms with Crippen LogP contribution in [0.1, 0.15) is 33.6 Å². The molecular formula is C11H22N2O2. The van der Waals surface area contributed by atoms with Crippen LogP contribution in [0.4, 0.5) is 0 Å². The van der Waals surface area contributed by atoms with Gasteiger partial charge in [-0.2, -0.15) is 0 Å². The van der Waals surface area contributed by atoms with E-state index in [4.69, 9.17) is 0 Å². The molecular weight excluding hydrogens is 192 g/mol. The van der Waals surface area contributed by atoms with Crippen LogP contribution < -0.4 is 5.32 Å². The average molecular weight is 214 g/mol. The van der Waals surface area contributed by atoms with Crippen LogP contribution in [-0.4, -0.2) is 47.2 Å². The summed E-state index contributed by atoms with van der Waals surface area (Å²) in [6.45, 7) is 7.48. The van der Waals surface area contributed by atoms with Crippen LogP contribution in [0.3, 0.4) is 0 Å². The maximum absolute atomic E-state index is 11.7. The second-order valence-corrected chi connectivity index (χ2v) is 4.61. The second kappa shape index (κ2) is 5.47. The number of carbonyl (C=O) groups is 1. The minimum absolute atomic E-state index is 0.0834. The van der Waals surface area contributed by atoms with Gasteiger partial charge < -0.3 is 10.4 Å². The highest BCUT2D eigenvalue weighted by molar-refractivity contribution is 5.81. The minimum atomic E-state index is -0.179. The highest BCUT2D eigenvalue weighted by Gasteiger charge is 2.25. The van der Waals surface area contributed by atoms with E-state index in [9.17, 15) is 9.90 Å². The van der Waals surface area contributed by atoms with Gasteiger partial charge in [0, 0.05) is 19.1 Å². The number of piperidine rings is 1. The lowest BCUT2D eigenvalue weighted by atomic mass is 10.1. The number of hydrogen-bond acceptors (Lipinski definition) is 3. The number of likely N-dealkylation sites (tertiary alicyclic amines) is 1. The van der Waals surface area contributed by atoms with Crippen LogP contribution in [0.25, 0.3) is 0 Å². The third-order valence-corrected chi connectivity index (χ3v) is 2.86. The Hall–Kier alpha value is -0.610. The van der Waals surface area contributed by atoms with Gasteiger partial charge in [-0.1, -0.05) is 0 Å². The number of nitrogens with one attached hydrogen (secondary N) is 1. The van der Waals surface area contributed by atoms with Crippen LogP contribution in [0.5, 0.6) is 0 Å². The van der Waals surface area contributed by atoms with Gasteiger partial charge in [0.05, 0.1) is 12.1 Å². The molecule has 1 amide bonds. The van der Waals surface area contributed by atoms with Gasteiger partial charge in [0.15, 0.2) is 0 Å². The predicted octanol–water partition coefficient (Wildman–Crippen LogP) is 0.356. The van der Waals surface area contributed by atoms with Gasteiger partial charge in [-0.05, 0) is 33.6 Å². The molecule has 1 heterocycles. The van der Waals surface area contributed by atoms with E-state index in [1.807, 2.05) is 20.8 Å². The fourth-order valence-electron chi connectivity index (χ4n) is 1.84. The summed E-state index contributed by atoms with van der Waals surface area (Å²) in [5, 5.41) is 12.3. The van der Waals surface area contributed by atoms with Gasteiger partial charge in [-0.25, -0.2) is 0 Å². The number of aliphatic hydroxyl groups excluding tert-OH is 1. The first-order valence-corrected chi connectivity index (χ1v) is 5.73. The molecule has 1 fully saturated rings. The normalized spacial score (nSPS) is 21.7. The van der Waals surface area contributed by atoms with Gasteiger partial charge in [0.1, 0.15) is 0 Å². The van der Waals surface area contributed by atoms with Crippen LogP contribution >= 0.6 is 0 Å². The lowest BCUT2D eigenvalue weighted by molar-refractivity contribution is -0.127. The van der Waals surface area contributed by atoms with Crippen molar-refractivity contribution in [2.45, 2.75) is 51.8 Å². The zero-order valence-corrected chi connectivity index (χ0v) is 9.86. The summed E-state index contributed by atoms with van der Waals surface area (Å²) < 4.78 is 0. The summed E-state index contributed by atoms with van der Waals surface area (Å²) in [6.07, 6.45) is 1.38. The predicted molar refractivity (Wildman–Crippen MR) is 59.6 cm³/mol. The molecule has 0 unspecified atom stereocenters. The number of nitrogens with zero attached hydrogens (tertiary/aromatic N) is 1. The molecule has 0 aromatic heterocycles. The average Bonchev–Trinajstić information content (AvgIpc) is 2.17. The molecule has 0 aliphatic carbocycles. The fraction of sp³-hybridized carbons (Fsp3) is 0.909. The van der Waals surface area contributed by atoms with E-state index in [0.717, 1.165) is 25.9 Å². The lowest BCUT2D eigenvalue weighted by Gasteiger charge is -2.33. The maximum Gasteiger partial charge on any atom is 0.237 e. The summed E-state index contributed by atoms with van der Waals surface area (Å²) in [6, 6.07) is 0.107. The number of rotatable bonds is 3. The van der Waals surface area contributed by atoms with Gasteiger partial charge in [-0.15, -0.1) is 0 Å². The van der Waals surface area contributed by atoms with E-state index in [2.05, 4.69) is 10.2 Å². The smallest absolute Gasteiger partial charge is 0.237 e. The fourth-order valence-corrected chi connectivity index (χ4v) is 1.84. The molecule has 15 heavy (non-hydrogen) atoms. The Balaban J connectivity index is 2.39. The van der Waals surface area contributed by atoms with Crippen LogP contribution in [0.15, 0.2) is 0 Å². The lowest BCUT2D eigenvalue weighted by Crippen LogP contribution is -2.50. The Labute approximate surface area is 91.6 Å². The Kier molecular flexibility index (Phi) is 4.54. The molecule has 1 saturated heterocycles. The molecule has 88 valence electrons. The third kappa shape index (κ3) is 3.80. The second-order valence-electron chi connectivity index (χ2n) is 4.61. The van der Waals surface area contributed by atoms with Gasteiger partial charge in [0.25, 0.3) is 0 Å². The number of amides is 1. The summed E-state index contributed by atoms with van der Waals surface area (Å²) in [4.78, 5) is 13.8. The largest absolute Gasteiger partial charge is 0.393 e. The van der Waals surface area contributed by atoms with Crippen molar-refractivity contribution < 1.29 is 9.90 Å². The molecule has 0 spiro atoms. The van der Waals surface area contributed by atoms with Crippen LogP contribution in [0, 0.1) is 0 Å². The summed E-state index contributed by atoms with van der Waals surface area (Å²) >= 11 is 0. The van der Waals surface area contributed by atoms with Crippen molar-refractivity contribution in [3.8, 4) is 0 Å². The van der Waals surface area contributed by atoms with Gasteiger partial charge >= 0.3 is 0 Å². The maximum atomic E-state index is 11.7. The van der Waals surface area contributed by atoms with Crippen molar-refractivity contribution in [1.29, 1.82) is 0 Å². The Morgan fingerprint density at radius 3 is 2.33 bits per heavy atom. The molecule has 0 aromatic rings. The van der Waals surface area contributed by atoms with E-state index in [1.165, 1.54) is 0 Å². The molecule has 1 aliphatic rings. The molecule has 0 aromatic carbocycles. The highest BCUT2D eigenvalue weighted by Crippen LogP contribution is 2.12. The number of aliphatic hydroxyl groups is 1. The SMILES string of the molecule is CC(C)NC(=O)[C@H](C)N1CCC(O)CC1. The van der Waals surface area contributed by atoms with Gasteiger partial charge in [-0.3, -0.25) is 9.69 Å². The molecule has 1 aliphatic heterocycles. The van der Waals surface area contributed by atoms with Crippen molar-refractivity contribution in [3.05, 3.63) is 0 Å². The standard InChI is InChI=1S/C11H22N2O2/c1-8(2)12-11(15)9(3)13-6-4-10(14)5-7-13/h8-10,14H,4-7H2,1-3H3,(H,12,15)/t9-/m0/s1. The quantitative estimate of drug-likeness (QED) is 0.713. The van der Waals surface area contributed by atoms with E-state index in [-0.39, 0.29) is 24.1 Å². The Morgan fingerprint density at radius 1 is 1.33 bits per heavy atom. The molecule has 1 atom stereocenters. The number of carbonyl (C=O) groups excluding carboxylic acids is 1. The Morgan fingerprint density at radius 2 is 1.87 bits per heavy atom. The van der Waals surface area contributed by atoms with Crippen molar-refractivity contribution in [1.82, 2.24) is 10.2 Å². The molecule has 4 heteroatoms. The summed E-state index contributed by atoms with van der Waals surface area (Å²) in [7, 11) is 0. The van der Waals surface area contributed by atoms with Gasteiger partial charge in [0.2, 0.25) is 5.91 Å². The van der Waals surface area contributed by atoms with Crippen molar-refractivity contribution in [2.24, 2.45) is 0 Å². The molecule has 1 rings (SSSR count). The third-order valence-electron chi connectivity index (χ3n) is 2.86. The van der Waals surface area contributed by atoms with Crippen LogP contribution in [-0.2, 0) is 4.79 Å². The number of hydrogen-bond donors (Lipinski definition) is 2. The molecule has 0 radical (unpaired) electrons. The Bertz CT molecular complexity index is 211. The van der Waals surface area contributed by atoms with Crippen LogP contribution in [0.2, 0.25) is 0 Å². The minimum Gasteiger partial charge on any atom is -0.393 e. The van der Waals surface area contributed by atoms with E-state index < -0.39 is 0 Å². The van der Waals surface area contributed by atoms with Crippen molar-refractivity contribution >= 4 is 5.91 Å².